The number of rotatable bonds is 4. The highest BCUT2D eigenvalue weighted by molar-refractivity contribution is 5.90. The van der Waals surface area contributed by atoms with Gasteiger partial charge in [0.1, 0.15) is 12.4 Å². The van der Waals surface area contributed by atoms with Crippen LogP contribution in [0.2, 0.25) is 0 Å². The minimum atomic E-state index is -0.413. The molecule has 0 saturated heterocycles. The van der Waals surface area contributed by atoms with Crippen LogP contribution in [0.25, 0.3) is 11.3 Å². The summed E-state index contributed by atoms with van der Waals surface area (Å²) < 4.78 is 14.0. The molecular weight excluding hydrogens is 333 g/mol. The number of aryl methyl sites for hydroxylation is 2. The van der Waals surface area contributed by atoms with Crippen molar-refractivity contribution in [1.29, 1.82) is 0 Å². The van der Waals surface area contributed by atoms with E-state index in [1.807, 2.05) is 32.0 Å². The summed E-state index contributed by atoms with van der Waals surface area (Å²) in [4.78, 5) is 24.2. The summed E-state index contributed by atoms with van der Waals surface area (Å²) in [7, 11) is 0. The third-order valence-electron chi connectivity index (χ3n) is 3.95. The highest BCUT2D eigenvalue weighted by Crippen LogP contribution is 2.21. The van der Waals surface area contributed by atoms with Crippen LogP contribution in [0.3, 0.4) is 0 Å². The van der Waals surface area contributed by atoms with Crippen molar-refractivity contribution in [2.24, 2.45) is 0 Å². The Hall–Kier alpha value is -3.28. The summed E-state index contributed by atoms with van der Waals surface area (Å²) in [5, 5.41) is 6.93. The molecule has 2 aromatic carbocycles. The standard InChI is InChI=1S/C20H18FN3O2/c1-13-3-8-17(14(2)11-13)18-9-10-20(26)24(23-18)12-19(25)22-16-6-4-15(21)5-7-16/h3-11H,12H2,1-2H3,(H,22,25). The number of aromatic nitrogens is 2. The summed E-state index contributed by atoms with van der Waals surface area (Å²) in [6, 6.07) is 14.4. The molecule has 1 aromatic heterocycles. The Morgan fingerprint density at radius 2 is 1.81 bits per heavy atom. The van der Waals surface area contributed by atoms with Gasteiger partial charge in [0.2, 0.25) is 5.91 Å². The molecule has 0 aliphatic rings. The molecule has 0 aliphatic heterocycles. The second-order valence-electron chi connectivity index (χ2n) is 6.09. The Balaban J connectivity index is 1.82. The molecule has 26 heavy (non-hydrogen) atoms. The Labute approximate surface area is 150 Å². The molecule has 132 valence electrons. The molecule has 0 fully saturated rings. The van der Waals surface area contributed by atoms with E-state index in [9.17, 15) is 14.0 Å². The van der Waals surface area contributed by atoms with E-state index in [1.54, 1.807) is 6.07 Å². The third kappa shape index (κ3) is 4.03. The van der Waals surface area contributed by atoms with E-state index in [2.05, 4.69) is 10.4 Å². The number of amides is 1. The second kappa shape index (κ2) is 7.31. The lowest BCUT2D eigenvalue weighted by atomic mass is 10.0. The molecule has 0 atom stereocenters. The van der Waals surface area contributed by atoms with Gasteiger partial charge >= 0.3 is 0 Å². The number of anilines is 1. The maximum Gasteiger partial charge on any atom is 0.267 e. The fourth-order valence-electron chi connectivity index (χ4n) is 2.68. The molecule has 1 amide bonds. The predicted molar refractivity (Wildman–Crippen MR) is 98.4 cm³/mol. The largest absolute Gasteiger partial charge is 0.324 e. The second-order valence-corrected chi connectivity index (χ2v) is 6.09. The molecule has 1 heterocycles. The van der Waals surface area contributed by atoms with Gasteiger partial charge in [0, 0.05) is 17.3 Å². The fourth-order valence-corrected chi connectivity index (χ4v) is 2.68. The zero-order chi connectivity index (χ0) is 18.7. The molecule has 0 saturated carbocycles. The van der Waals surface area contributed by atoms with E-state index in [4.69, 9.17) is 0 Å². The van der Waals surface area contributed by atoms with Crippen molar-refractivity contribution in [3.63, 3.8) is 0 Å². The normalized spacial score (nSPS) is 10.6. The summed E-state index contributed by atoms with van der Waals surface area (Å²) in [5.74, 6) is -0.800. The molecule has 5 nitrogen and oxygen atoms in total. The van der Waals surface area contributed by atoms with Crippen LogP contribution in [0.15, 0.2) is 59.4 Å². The van der Waals surface area contributed by atoms with Crippen LogP contribution in [0.1, 0.15) is 11.1 Å². The van der Waals surface area contributed by atoms with E-state index >= 15 is 0 Å². The molecular formula is C20H18FN3O2. The summed E-state index contributed by atoms with van der Waals surface area (Å²) in [5.41, 5.74) is 3.79. The smallest absolute Gasteiger partial charge is 0.267 e. The molecule has 0 spiro atoms. The first kappa shape index (κ1) is 17.5. The van der Waals surface area contributed by atoms with Crippen LogP contribution >= 0.6 is 0 Å². The quantitative estimate of drug-likeness (QED) is 0.784. The number of halogens is 1. The number of hydrogen-bond donors (Lipinski definition) is 1. The number of nitrogens with zero attached hydrogens (tertiary/aromatic N) is 2. The number of hydrogen-bond acceptors (Lipinski definition) is 3. The van der Waals surface area contributed by atoms with Gasteiger partial charge in [-0.2, -0.15) is 5.10 Å². The number of nitrogens with one attached hydrogen (secondary N) is 1. The lowest BCUT2D eigenvalue weighted by Gasteiger charge is -2.10. The van der Waals surface area contributed by atoms with Crippen LogP contribution in [0, 0.1) is 19.7 Å². The zero-order valence-electron chi connectivity index (χ0n) is 14.5. The Kier molecular flexibility index (Phi) is 4.93. The summed E-state index contributed by atoms with van der Waals surface area (Å²) >= 11 is 0. The van der Waals surface area contributed by atoms with Gasteiger partial charge < -0.3 is 5.32 Å². The first-order chi connectivity index (χ1) is 12.4. The SMILES string of the molecule is Cc1ccc(-c2ccc(=O)n(CC(=O)Nc3ccc(F)cc3)n2)c(C)c1. The molecule has 0 radical (unpaired) electrons. The lowest BCUT2D eigenvalue weighted by Crippen LogP contribution is -2.29. The molecule has 0 aliphatic carbocycles. The Morgan fingerprint density at radius 1 is 1.08 bits per heavy atom. The van der Waals surface area contributed by atoms with Crippen molar-refractivity contribution in [3.8, 4) is 11.3 Å². The first-order valence-corrected chi connectivity index (χ1v) is 8.13. The van der Waals surface area contributed by atoms with E-state index in [0.717, 1.165) is 21.4 Å². The monoisotopic (exact) mass is 351 g/mol. The van der Waals surface area contributed by atoms with Gasteiger partial charge in [-0.15, -0.1) is 0 Å². The highest BCUT2D eigenvalue weighted by atomic mass is 19.1. The van der Waals surface area contributed by atoms with Crippen LogP contribution < -0.4 is 10.9 Å². The molecule has 3 rings (SSSR count). The Morgan fingerprint density at radius 3 is 2.50 bits per heavy atom. The highest BCUT2D eigenvalue weighted by Gasteiger charge is 2.10. The minimum absolute atomic E-state index is 0.227. The third-order valence-corrected chi connectivity index (χ3v) is 3.95. The van der Waals surface area contributed by atoms with E-state index < -0.39 is 5.91 Å². The van der Waals surface area contributed by atoms with Crippen molar-refractivity contribution in [2.45, 2.75) is 20.4 Å². The molecule has 0 bridgehead atoms. The lowest BCUT2D eigenvalue weighted by molar-refractivity contribution is -0.117. The maximum absolute atomic E-state index is 12.9. The number of carbonyl (C=O) groups is 1. The predicted octanol–water partition coefficient (Wildman–Crippen LogP) is 3.30. The average Bonchev–Trinajstić information content (AvgIpc) is 2.59. The summed E-state index contributed by atoms with van der Waals surface area (Å²) in [6.45, 7) is 3.75. The first-order valence-electron chi connectivity index (χ1n) is 8.13. The van der Waals surface area contributed by atoms with Gasteiger partial charge in [0.25, 0.3) is 5.56 Å². The van der Waals surface area contributed by atoms with Crippen molar-refractivity contribution < 1.29 is 9.18 Å². The van der Waals surface area contributed by atoms with E-state index in [1.165, 1.54) is 30.3 Å². The van der Waals surface area contributed by atoms with Crippen LogP contribution in [0.4, 0.5) is 10.1 Å². The topological polar surface area (TPSA) is 64.0 Å². The molecule has 1 N–H and O–H groups in total. The van der Waals surface area contributed by atoms with Gasteiger partial charge in [0.05, 0.1) is 5.69 Å². The van der Waals surface area contributed by atoms with Gasteiger partial charge in [-0.05, 0) is 49.7 Å². The average molecular weight is 351 g/mol. The van der Waals surface area contributed by atoms with Crippen molar-refractivity contribution in [3.05, 3.63) is 81.9 Å². The van der Waals surface area contributed by atoms with Crippen molar-refractivity contribution >= 4 is 11.6 Å². The minimum Gasteiger partial charge on any atom is -0.324 e. The maximum atomic E-state index is 12.9. The van der Waals surface area contributed by atoms with Gasteiger partial charge in [0.15, 0.2) is 0 Å². The van der Waals surface area contributed by atoms with Crippen LogP contribution in [0.5, 0.6) is 0 Å². The van der Waals surface area contributed by atoms with Gasteiger partial charge in [-0.1, -0.05) is 23.8 Å². The van der Waals surface area contributed by atoms with Gasteiger partial charge in [-0.3, -0.25) is 9.59 Å². The van der Waals surface area contributed by atoms with Crippen molar-refractivity contribution in [2.75, 3.05) is 5.32 Å². The molecule has 0 unspecified atom stereocenters. The number of benzene rings is 2. The molecule has 6 heteroatoms. The molecule has 3 aromatic rings. The van der Waals surface area contributed by atoms with Crippen LogP contribution in [-0.2, 0) is 11.3 Å². The fraction of sp³-hybridized carbons (Fsp3) is 0.150. The van der Waals surface area contributed by atoms with E-state index in [-0.39, 0.29) is 17.9 Å². The summed E-state index contributed by atoms with van der Waals surface area (Å²) in [6.07, 6.45) is 0. The van der Waals surface area contributed by atoms with Crippen LogP contribution in [-0.4, -0.2) is 15.7 Å². The zero-order valence-corrected chi connectivity index (χ0v) is 14.5. The number of carbonyl (C=O) groups excluding carboxylic acids is 1. The van der Waals surface area contributed by atoms with Crippen molar-refractivity contribution in [1.82, 2.24) is 9.78 Å². The van der Waals surface area contributed by atoms with Gasteiger partial charge in [-0.25, -0.2) is 9.07 Å². The Bertz CT molecular complexity index is 1010. The van der Waals surface area contributed by atoms with E-state index in [0.29, 0.717) is 11.4 Å².